The summed E-state index contributed by atoms with van der Waals surface area (Å²) < 4.78 is 0. The van der Waals surface area contributed by atoms with Crippen LogP contribution in [0.5, 0.6) is 0 Å². The zero-order chi connectivity index (χ0) is 6.85. The molecular weight excluding hydrogens is 138 g/mol. The van der Waals surface area contributed by atoms with Crippen molar-refractivity contribution in [3.05, 3.63) is 0 Å². The van der Waals surface area contributed by atoms with Gasteiger partial charge in [0.15, 0.2) is 0 Å². The van der Waals surface area contributed by atoms with E-state index in [-0.39, 0.29) is 5.50 Å². The van der Waals surface area contributed by atoms with Crippen LogP contribution in [0.25, 0.3) is 0 Å². The first-order chi connectivity index (χ1) is 4.22. The number of urea groups is 1. The molecule has 1 aliphatic rings. The molecule has 1 aliphatic heterocycles. The van der Waals surface area contributed by atoms with Gasteiger partial charge in [0.2, 0.25) is 0 Å². The van der Waals surface area contributed by atoms with Gasteiger partial charge in [0, 0.05) is 12.3 Å². The molecule has 0 aromatic heterocycles. The third kappa shape index (κ3) is 1.28. The Morgan fingerprint density at radius 1 is 1.78 bits per heavy atom. The fourth-order valence-electron chi connectivity index (χ4n) is 0.725. The molecule has 1 heterocycles. The Morgan fingerprint density at radius 2 is 2.44 bits per heavy atom. The van der Waals surface area contributed by atoms with Gasteiger partial charge in [-0.2, -0.15) is 0 Å². The number of hydrogen-bond donors (Lipinski definition) is 2. The van der Waals surface area contributed by atoms with Crippen LogP contribution < -0.4 is 11.5 Å². The van der Waals surface area contributed by atoms with Crippen LogP contribution in [0.4, 0.5) is 4.79 Å². The summed E-state index contributed by atoms with van der Waals surface area (Å²) >= 11 is 1.54. The molecule has 1 fully saturated rings. The number of carbonyl (C=O) groups excluding carboxylic acids is 1. The molecule has 9 heavy (non-hydrogen) atoms. The molecule has 0 radical (unpaired) electrons. The molecule has 2 amide bonds. The lowest BCUT2D eigenvalue weighted by atomic mass is 10.6. The molecule has 0 saturated carbocycles. The van der Waals surface area contributed by atoms with Gasteiger partial charge < -0.3 is 11.5 Å². The summed E-state index contributed by atoms with van der Waals surface area (Å²) in [6.45, 7) is 0.682. The number of rotatable bonds is 0. The lowest BCUT2D eigenvalue weighted by molar-refractivity contribution is 0.210. The summed E-state index contributed by atoms with van der Waals surface area (Å²) in [5.41, 5.74) is 10.2. The summed E-state index contributed by atoms with van der Waals surface area (Å²) in [6, 6.07) is -0.424. The molecule has 0 aromatic carbocycles. The average Bonchev–Trinajstić information content (AvgIpc) is 2.13. The second-order valence-electron chi connectivity index (χ2n) is 1.79. The second-order valence-corrected chi connectivity index (χ2v) is 3.02. The van der Waals surface area contributed by atoms with E-state index >= 15 is 0 Å². The standard InChI is InChI=1S/C4H9N3OS/c5-3(8)7-1-2-9-4(7)6/h4H,1-2,6H2,(H2,5,8). The highest BCUT2D eigenvalue weighted by molar-refractivity contribution is 8.00. The minimum absolute atomic E-state index is 0.220. The van der Waals surface area contributed by atoms with Crippen molar-refractivity contribution in [3.63, 3.8) is 0 Å². The molecule has 0 aromatic rings. The van der Waals surface area contributed by atoms with E-state index in [4.69, 9.17) is 11.5 Å². The minimum Gasteiger partial charge on any atom is -0.351 e. The van der Waals surface area contributed by atoms with Crippen molar-refractivity contribution in [3.8, 4) is 0 Å². The first-order valence-electron chi connectivity index (χ1n) is 2.65. The van der Waals surface area contributed by atoms with Crippen LogP contribution in [0, 0.1) is 0 Å². The largest absolute Gasteiger partial charge is 0.351 e. The third-order valence-electron chi connectivity index (χ3n) is 1.21. The van der Waals surface area contributed by atoms with Crippen LogP contribution >= 0.6 is 11.8 Å². The van der Waals surface area contributed by atoms with E-state index in [1.807, 2.05) is 0 Å². The summed E-state index contributed by atoms with van der Waals surface area (Å²) in [5.74, 6) is 0.893. The Morgan fingerprint density at radius 3 is 2.67 bits per heavy atom. The molecule has 1 rings (SSSR count). The van der Waals surface area contributed by atoms with Crippen LogP contribution in [0.3, 0.4) is 0 Å². The Hall–Kier alpha value is -0.420. The number of nitrogens with two attached hydrogens (primary N) is 2. The molecule has 4 nitrogen and oxygen atoms in total. The lowest BCUT2D eigenvalue weighted by Gasteiger charge is -2.16. The zero-order valence-electron chi connectivity index (χ0n) is 4.91. The molecular formula is C4H9N3OS. The Balaban J connectivity index is 2.49. The number of thioether (sulfide) groups is 1. The van der Waals surface area contributed by atoms with E-state index < -0.39 is 6.03 Å². The summed E-state index contributed by atoms with van der Waals surface area (Å²) in [4.78, 5) is 11.9. The van der Waals surface area contributed by atoms with Gasteiger partial charge >= 0.3 is 6.03 Å². The fourth-order valence-corrected chi connectivity index (χ4v) is 1.66. The molecule has 52 valence electrons. The van der Waals surface area contributed by atoms with Gasteiger partial charge in [-0.05, 0) is 0 Å². The van der Waals surface area contributed by atoms with Gasteiger partial charge in [-0.15, -0.1) is 11.8 Å². The van der Waals surface area contributed by atoms with Crippen LogP contribution in [-0.2, 0) is 0 Å². The van der Waals surface area contributed by atoms with Crippen LogP contribution in [0.15, 0.2) is 0 Å². The van der Waals surface area contributed by atoms with Crippen molar-refractivity contribution in [2.45, 2.75) is 5.50 Å². The van der Waals surface area contributed by atoms with Crippen molar-refractivity contribution in [1.29, 1.82) is 0 Å². The highest BCUT2D eigenvalue weighted by Crippen LogP contribution is 2.17. The van der Waals surface area contributed by atoms with Crippen molar-refractivity contribution in [2.75, 3.05) is 12.3 Å². The van der Waals surface area contributed by atoms with Gasteiger partial charge in [0.25, 0.3) is 0 Å². The lowest BCUT2D eigenvalue weighted by Crippen LogP contribution is -2.42. The normalized spacial score (nSPS) is 26.8. The average molecular weight is 147 g/mol. The van der Waals surface area contributed by atoms with E-state index in [0.717, 1.165) is 5.75 Å². The maximum absolute atomic E-state index is 10.5. The maximum atomic E-state index is 10.5. The van der Waals surface area contributed by atoms with Crippen molar-refractivity contribution >= 4 is 17.8 Å². The van der Waals surface area contributed by atoms with Gasteiger partial charge in [-0.25, -0.2) is 4.79 Å². The molecule has 1 saturated heterocycles. The molecule has 0 bridgehead atoms. The van der Waals surface area contributed by atoms with E-state index in [1.54, 1.807) is 0 Å². The summed E-state index contributed by atoms with van der Waals surface area (Å²) in [6.07, 6.45) is 0. The van der Waals surface area contributed by atoms with Crippen LogP contribution in [0.1, 0.15) is 0 Å². The zero-order valence-corrected chi connectivity index (χ0v) is 5.73. The fraction of sp³-hybridized carbons (Fsp3) is 0.750. The van der Waals surface area contributed by atoms with Gasteiger partial charge in [-0.1, -0.05) is 0 Å². The number of nitrogens with zero attached hydrogens (tertiary/aromatic N) is 1. The highest BCUT2D eigenvalue weighted by atomic mass is 32.2. The predicted molar refractivity (Wildman–Crippen MR) is 36.7 cm³/mol. The van der Waals surface area contributed by atoms with Crippen LogP contribution in [-0.4, -0.2) is 28.7 Å². The second kappa shape index (κ2) is 2.45. The first-order valence-corrected chi connectivity index (χ1v) is 3.70. The first kappa shape index (κ1) is 6.70. The number of hydrogen-bond acceptors (Lipinski definition) is 3. The molecule has 4 N–H and O–H groups in total. The van der Waals surface area contributed by atoms with Gasteiger partial charge in [0.05, 0.1) is 0 Å². The van der Waals surface area contributed by atoms with E-state index in [1.165, 1.54) is 16.7 Å². The number of primary amides is 1. The monoisotopic (exact) mass is 147 g/mol. The van der Waals surface area contributed by atoms with E-state index in [2.05, 4.69) is 0 Å². The molecule has 1 atom stereocenters. The van der Waals surface area contributed by atoms with Crippen molar-refractivity contribution in [2.24, 2.45) is 11.5 Å². The Bertz CT molecular complexity index is 129. The molecule has 5 heteroatoms. The highest BCUT2D eigenvalue weighted by Gasteiger charge is 2.23. The quantitative estimate of drug-likeness (QED) is 0.478. The van der Waals surface area contributed by atoms with Crippen molar-refractivity contribution in [1.82, 2.24) is 4.90 Å². The van der Waals surface area contributed by atoms with Crippen LogP contribution in [0.2, 0.25) is 0 Å². The topological polar surface area (TPSA) is 72.4 Å². The smallest absolute Gasteiger partial charge is 0.316 e. The SMILES string of the molecule is NC(=O)N1CCSC1N. The van der Waals surface area contributed by atoms with E-state index in [0.29, 0.717) is 6.54 Å². The molecule has 0 aliphatic carbocycles. The predicted octanol–water partition coefficient (Wildman–Crippen LogP) is -0.644. The number of amides is 2. The van der Waals surface area contributed by atoms with Crippen molar-refractivity contribution < 1.29 is 4.79 Å². The summed E-state index contributed by atoms with van der Waals surface area (Å²) in [7, 11) is 0. The molecule has 0 spiro atoms. The maximum Gasteiger partial charge on any atom is 0.316 e. The Kier molecular flexibility index (Phi) is 1.82. The number of carbonyl (C=O) groups is 1. The van der Waals surface area contributed by atoms with Gasteiger partial charge in [0.1, 0.15) is 5.50 Å². The summed E-state index contributed by atoms with van der Waals surface area (Å²) in [5, 5.41) is 0. The minimum atomic E-state index is -0.424. The molecule has 1 unspecified atom stereocenters. The van der Waals surface area contributed by atoms with Gasteiger partial charge in [-0.3, -0.25) is 4.90 Å². The third-order valence-corrected chi connectivity index (χ3v) is 2.23. The Labute approximate surface area is 57.6 Å². The van der Waals surface area contributed by atoms with E-state index in [9.17, 15) is 4.79 Å².